The third kappa shape index (κ3) is 6.75. The number of carbonyl (C=O) groups is 2. The van der Waals surface area contributed by atoms with E-state index in [0.717, 1.165) is 6.07 Å². The largest absolute Gasteiger partial charge is 0.516 e. The van der Waals surface area contributed by atoms with Crippen molar-refractivity contribution in [2.45, 2.75) is 51.2 Å². The number of hydrogen-bond acceptors (Lipinski definition) is 6. The standard InChI is InChI=1S/C17H24F2N2O4/c1-17(2,3)25-16(23)24-15(22)13(21)8-7-10(9-20)11-5-4-6-12(18)14(11)19/h4-6,10,13H,7-9,20-21H2,1-3H3/t10?,13-/m1/s1. The number of hydrogen-bond donors (Lipinski definition) is 2. The number of carbonyl (C=O) groups excluding carboxylic acids is 2. The van der Waals surface area contributed by atoms with Gasteiger partial charge in [-0.3, -0.25) is 0 Å². The van der Waals surface area contributed by atoms with E-state index in [9.17, 15) is 18.4 Å². The quantitative estimate of drug-likeness (QED) is 0.598. The van der Waals surface area contributed by atoms with Gasteiger partial charge in [0.05, 0.1) is 0 Å². The Kier molecular flexibility index (Phi) is 7.44. The number of esters is 1. The molecule has 0 radical (unpaired) electrons. The van der Waals surface area contributed by atoms with Gasteiger partial charge in [0.2, 0.25) is 0 Å². The van der Waals surface area contributed by atoms with Crippen LogP contribution in [0.3, 0.4) is 0 Å². The van der Waals surface area contributed by atoms with Gasteiger partial charge in [-0.05, 0) is 57.7 Å². The van der Waals surface area contributed by atoms with Crippen LogP contribution in [0.4, 0.5) is 13.6 Å². The van der Waals surface area contributed by atoms with Crippen molar-refractivity contribution in [2.75, 3.05) is 6.54 Å². The smallest absolute Gasteiger partial charge is 0.428 e. The highest BCUT2D eigenvalue weighted by Gasteiger charge is 2.25. The van der Waals surface area contributed by atoms with Gasteiger partial charge in [0.25, 0.3) is 0 Å². The average molecular weight is 358 g/mol. The lowest BCUT2D eigenvalue weighted by atomic mass is 9.92. The first kappa shape index (κ1) is 21.0. The van der Waals surface area contributed by atoms with Crippen molar-refractivity contribution >= 4 is 12.1 Å². The van der Waals surface area contributed by atoms with Gasteiger partial charge in [0, 0.05) is 0 Å². The molecular formula is C17H24F2N2O4. The van der Waals surface area contributed by atoms with E-state index >= 15 is 0 Å². The van der Waals surface area contributed by atoms with Crippen LogP contribution in [0.25, 0.3) is 0 Å². The summed E-state index contributed by atoms with van der Waals surface area (Å²) in [5.74, 6) is -3.41. The molecule has 0 aromatic heterocycles. The van der Waals surface area contributed by atoms with Crippen molar-refractivity contribution in [3.8, 4) is 0 Å². The normalized spacial score (nSPS) is 13.9. The highest BCUT2D eigenvalue weighted by Crippen LogP contribution is 2.25. The van der Waals surface area contributed by atoms with Crippen LogP contribution in [0, 0.1) is 11.6 Å². The maximum atomic E-state index is 13.8. The highest BCUT2D eigenvalue weighted by atomic mass is 19.2. The Morgan fingerprint density at radius 1 is 1.20 bits per heavy atom. The van der Waals surface area contributed by atoms with Crippen molar-refractivity contribution in [3.63, 3.8) is 0 Å². The Labute approximate surface area is 145 Å². The zero-order valence-electron chi connectivity index (χ0n) is 14.6. The first-order valence-corrected chi connectivity index (χ1v) is 7.89. The number of halogens is 2. The summed E-state index contributed by atoms with van der Waals surface area (Å²) in [4.78, 5) is 23.2. The predicted molar refractivity (Wildman–Crippen MR) is 87.7 cm³/mol. The van der Waals surface area contributed by atoms with Crippen LogP contribution >= 0.6 is 0 Å². The van der Waals surface area contributed by atoms with Gasteiger partial charge < -0.3 is 20.9 Å². The van der Waals surface area contributed by atoms with Crippen molar-refractivity contribution in [1.82, 2.24) is 0 Å². The lowest BCUT2D eigenvalue weighted by Gasteiger charge is -2.20. The maximum Gasteiger partial charge on any atom is 0.516 e. The van der Waals surface area contributed by atoms with Crippen LogP contribution in [0.1, 0.15) is 45.1 Å². The Hall–Kier alpha value is -2.06. The summed E-state index contributed by atoms with van der Waals surface area (Å²) in [6.07, 6.45) is -0.833. The first-order valence-electron chi connectivity index (χ1n) is 7.89. The van der Waals surface area contributed by atoms with E-state index in [1.54, 1.807) is 20.8 Å². The molecule has 0 aliphatic rings. The molecule has 0 heterocycles. The minimum atomic E-state index is -1.14. The average Bonchev–Trinajstić information content (AvgIpc) is 2.49. The molecule has 25 heavy (non-hydrogen) atoms. The molecule has 0 saturated heterocycles. The van der Waals surface area contributed by atoms with E-state index in [2.05, 4.69) is 4.74 Å². The van der Waals surface area contributed by atoms with E-state index in [1.807, 2.05) is 0 Å². The Morgan fingerprint density at radius 2 is 1.84 bits per heavy atom. The second-order valence-electron chi connectivity index (χ2n) is 6.65. The molecule has 6 nitrogen and oxygen atoms in total. The molecule has 0 aliphatic heterocycles. The fourth-order valence-corrected chi connectivity index (χ4v) is 2.16. The molecule has 1 aromatic carbocycles. The molecule has 1 aromatic rings. The minimum absolute atomic E-state index is 0.0498. The summed E-state index contributed by atoms with van der Waals surface area (Å²) in [5, 5.41) is 0. The molecule has 0 fully saturated rings. The number of nitrogens with two attached hydrogens (primary N) is 2. The molecule has 1 rings (SSSR count). The molecule has 0 amide bonds. The molecule has 0 spiro atoms. The number of rotatable bonds is 6. The number of benzene rings is 1. The minimum Gasteiger partial charge on any atom is -0.428 e. The van der Waals surface area contributed by atoms with Crippen molar-refractivity contribution in [3.05, 3.63) is 35.4 Å². The molecule has 8 heteroatoms. The predicted octanol–water partition coefficient (Wildman–Crippen LogP) is 2.59. The van der Waals surface area contributed by atoms with Crippen molar-refractivity contribution in [2.24, 2.45) is 11.5 Å². The van der Waals surface area contributed by atoms with Crippen LogP contribution < -0.4 is 11.5 Å². The Bertz CT molecular complexity index is 617. The zero-order valence-corrected chi connectivity index (χ0v) is 14.6. The zero-order chi connectivity index (χ0) is 19.2. The Balaban J connectivity index is 2.61. The summed E-state index contributed by atoms with van der Waals surface area (Å²) in [6.45, 7) is 4.92. The lowest BCUT2D eigenvalue weighted by molar-refractivity contribution is -0.143. The van der Waals surface area contributed by atoms with Gasteiger partial charge in [-0.2, -0.15) is 0 Å². The second-order valence-corrected chi connectivity index (χ2v) is 6.65. The fourth-order valence-electron chi connectivity index (χ4n) is 2.16. The maximum absolute atomic E-state index is 13.8. The molecule has 0 aliphatic carbocycles. The van der Waals surface area contributed by atoms with Crippen LogP contribution in [0.2, 0.25) is 0 Å². The van der Waals surface area contributed by atoms with Crippen LogP contribution in [-0.4, -0.2) is 30.3 Å². The highest BCUT2D eigenvalue weighted by molar-refractivity contribution is 5.85. The first-order chi connectivity index (χ1) is 11.5. The van der Waals surface area contributed by atoms with E-state index in [-0.39, 0.29) is 24.9 Å². The SMILES string of the molecule is CC(C)(C)OC(=O)OC(=O)[C@H](N)CCC(CN)c1cccc(F)c1F. The van der Waals surface area contributed by atoms with Gasteiger partial charge in [0.15, 0.2) is 11.6 Å². The van der Waals surface area contributed by atoms with Crippen LogP contribution in [0.15, 0.2) is 18.2 Å². The molecule has 1 unspecified atom stereocenters. The summed E-state index contributed by atoms with van der Waals surface area (Å²) in [6, 6.07) is 2.71. The third-order valence-electron chi connectivity index (χ3n) is 3.41. The summed E-state index contributed by atoms with van der Waals surface area (Å²) in [5.41, 5.74) is 10.6. The fraction of sp³-hybridized carbons (Fsp3) is 0.529. The van der Waals surface area contributed by atoms with Crippen LogP contribution in [-0.2, 0) is 14.3 Å². The monoisotopic (exact) mass is 358 g/mol. The second kappa shape index (κ2) is 8.87. The lowest BCUT2D eigenvalue weighted by Crippen LogP contribution is -2.36. The molecule has 140 valence electrons. The van der Waals surface area contributed by atoms with E-state index in [0.29, 0.717) is 0 Å². The molecule has 2 atom stereocenters. The van der Waals surface area contributed by atoms with Gasteiger partial charge >= 0.3 is 12.1 Å². The summed E-state index contributed by atoms with van der Waals surface area (Å²) < 4.78 is 36.5. The molecular weight excluding hydrogens is 334 g/mol. The summed E-state index contributed by atoms with van der Waals surface area (Å²) >= 11 is 0. The number of ether oxygens (including phenoxy) is 2. The third-order valence-corrected chi connectivity index (χ3v) is 3.41. The molecule has 4 N–H and O–H groups in total. The van der Waals surface area contributed by atoms with E-state index in [4.69, 9.17) is 16.2 Å². The van der Waals surface area contributed by atoms with Crippen molar-refractivity contribution in [1.29, 1.82) is 0 Å². The topological polar surface area (TPSA) is 105 Å². The molecule has 0 saturated carbocycles. The summed E-state index contributed by atoms with van der Waals surface area (Å²) in [7, 11) is 0. The van der Waals surface area contributed by atoms with Gasteiger partial charge in [-0.1, -0.05) is 12.1 Å². The van der Waals surface area contributed by atoms with Gasteiger partial charge in [0.1, 0.15) is 11.6 Å². The van der Waals surface area contributed by atoms with E-state index in [1.165, 1.54) is 12.1 Å². The Morgan fingerprint density at radius 3 is 2.40 bits per heavy atom. The van der Waals surface area contributed by atoms with E-state index < -0.39 is 41.3 Å². The molecule has 0 bridgehead atoms. The van der Waals surface area contributed by atoms with Gasteiger partial charge in [-0.25, -0.2) is 18.4 Å². The van der Waals surface area contributed by atoms with Crippen LogP contribution in [0.5, 0.6) is 0 Å². The van der Waals surface area contributed by atoms with Crippen molar-refractivity contribution < 1.29 is 27.8 Å². The van der Waals surface area contributed by atoms with Gasteiger partial charge in [-0.15, -0.1) is 0 Å².